The van der Waals surface area contributed by atoms with Gasteiger partial charge in [0.05, 0.1) is 20.3 Å². The van der Waals surface area contributed by atoms with Gasteiger partial charge in [0.15, 0.2) is 42.0 Å². The Hall–Kier alpha value is -3.48. The van der Waals surface area contributed by atoms with E-state index in [0.717, 1.165) is 12.0 Å². The summed E-state index contributed by atoms with van der Waals surface area (Å²) in [4.78, 5) is 24.4. The maximum atomic E-state index is 12.4. The highest BCUT2D eigenvalue weighted by atomic mass is 16.6. The molecule has 1 aliphatic rings. The maximum absolute atomic E-state index is 12.4. The van der Waals surface area contributed by atoms with Gasteiger partial charge in [-0.2, -0.15) is 0 Å². The highest BCUT2D eigenvalue weighted by molar-refractivity contribution is 5.98. The normalized spacial score (nSPS) is 12.9. The van der Waals surface area contributed by atoms with E-state index in [1.807, 2.05) is 25.1 Å². The Kier molecular flexibility index (Phi) is 7.32. The van der Waals surface area contributed by atoms with E-state index in [2.05, 4.69) is 0 Å². The number of ether oxygens (including phenoxy) is 5. The van der Waals surface area contributed by atoms with Crippen LogP contribution < -0.4 is 18.9 Å². The van der Waals surface area contributed by atoms with E-state index in [-0.39, 0.29) is 19.0 Å². The van der Waals surface area contributed by atoms with Gasteiger partial charge in [0.1, 0.15) is 0 Å². The molecule has 0 N–H and O–H groups in total. The average Bonchev–Trinajstić information content (AvgIpc) is 3.01. The number of allylic oxidation sites excluding steroid dienone is 1. The Morgan fingerprint density at radius 1 is 1.00 bits per heavy atom. The second-order valence-electron chi connectivity index (χ2n) is 6.49. The first-order valence-corrected chi connectivity index (χ1v) is 9.62. The molecule has 0 atom stereocenters. The Morgan fingerprint density at radius 2 is 1.80 bits per heavy atom. The summed E-state index contributed by atoms with van der Waals surface area (Å²) in [5.74, 6) is 1.04. The molecular weight excluding hydrogens is 388 g/mol. The van der Waals surface area contributed by atoms with Crippen molar-refractivity contribution in [1.82, 2.24) is 0 Å². The zero-order chi connectivity index (χ0) is 21.3. The molecule has 0 saturated carbocycles. The fourth-order valence-corrected chi connectivity index (χ4v) is 2.84. The van der Waals surface area contributed by atoms with E-state index in [1.54, 1.807) is 30.3 Å². The topological polar surface area (TPSA) is 80.3 Å². The zero-order valence-electron chi connectivity index (χ0n) is 17.0. The first kappa shape index (κ1) is 21.2. The predicted octanol–water partition coefficient (Wildman–Crippen LogP) is 3.69. The summed E-state index contributed by atoms with van der Waals surface area (Å²) in [6, 6.07) is 10.3. The summed E-state index contributed by atoms with van der Waals surface area (Å²) >= 11 is 0. The number of fused-ring (bicyclic) bond motifs is 1. The molecule has 0 fully saturated rings. The standard InChI is InChI=1S/C23H24O7/c1-3-5-16-6-8-19(21(12-16)26-2)29-15-23(25)30-14-18(24)17-7-9-20-22(13-17)28-11-4-10-27-20/h3,5-9,12-13H,4,10-11,14-15H2,1-2H3/b5-3+. The minimum atomic E-state index is -0.655. The van der Waals surface area contributed by atoms with Crippen LogP contribution in [0.25, 0.3) is 6.08 Å². The lowest BCUT2D eigenvalue weighted by Crippen LogP contribution is -2.19. The second kappa shape index (κ2) is 10.3. The molecule has 3 rings (SSSR count). The third-order valence-corrected chi connectivity index (χ3v) is 4.33. The van der Waals surface area contributed by atoms with Crippen molar-refractivity contribution in [2.24, 2.45) is 0 Å². The van der Waals surface area contributed by atoms with Gasteiger partial charge in [-0.15, -0.1) is 0 Å². The largest absolute Gasteiger partial charge is 0.493 e. The van der Waals surface area contributed by atoms with Crippen molar-refractivity contribution >= 4 is 17.8 Å². The average molecular weight is 412 g/mol. The molecule has 30 heavy (non-hydrogen) atoms. The van der Waals surface area contributed by atoms with Gasteiger partial charge in [0.2, 0.25) is 0 Å². The van der Waals surface area contributed by atoms with Crippen LogP contribution in [0.1, 0.15) is 29.3 Å². The molecule has 7 heteroatoms. The van der Waals surface area contributed by atoms with E-state index in [9.17, 15) is 9.59 Å². The van der Waals surface area contributed by atoms with Crippen molar-refractivity contribution < 1.29 is 33.3 Å². The molecule has 0 aliphatic carbocycles. The number of methoxy groups -OCH3 is 1. The van der Waals surface area contributed by atoms with E-state index in [0.29, 0.717) is 41.8 Å². The summed E-state index contributed by atoms with van der Waals surface area (Å²) in [6.07, 6.45) is 4.61. The van der Waals surface area contributed by atoms with Crippen LogP contribution in [0, 0.1) is 0 Å². The Bertz CT molecular complexity index is 933. The third-order valence-electron chi connectivity index (χ3n) is 4.33. The highest BCUT2D eigenvalue weighted by Gasteiger charge is 2.16. The molecule has 0 saturated heterocycles. The molecule has 1 aliphatic heterocycles. The van der Waals surface area contributed by atoms with E-state index >= 15 is 0 Å². The smallest absolute Gasteiger partial charge is 0.344 e. The Morgan fingerprint density at radius 3 is 2.57 bits per heavy atom. The lowest BCUT2D eigenvalue weighted by molar-refractivity contribution is -0.144. The van der Waals surface area contributed by atoms with Crippen molar-refractivity contribution in [1.29, 1.82) is 0 Å². The minimum absolute atomic E-state index is 0.340. The number of benzene rings is 2. The summed E-state index contributed by atoms with van der Waals surface area (Å²) in [7, 11) is 1.52. The van der Waals surface area contributed by atoms with Gasteiger partial charge in [-0.3, -0.25) is 4.79 Å². The molecule has 2 aromatic rings. The molecule has 158 valence electrons. The number of hydrogen-bond acceptors (Lipinski definition) is 7. The molecule has 0 amide bonds. The SMILES string of the molecule is C/C=C/c1ccc(OCC(=O)OCC(=O)c2ccc3c(c2)OCCCO3)c(OC)c1. The first-order chi connectivity index (χ1) is 14.6. The number of hydrogen-bond donors (Lipinski definition) is 0. The molecule has 0 spiro atoms. The third kappa shape index (κ3) is 5.53. The minimum Gasteiger partial charge on any atom is -0.493 e. The van der Waals surface area contributed by atoms with Gasteiger partial charge < -0.3 is 23.7 Å². The lowest BCUT2D eigenvalue weighted by atomic mass is 10.1. The van der Waals surface area contributed by atoms with Gasteiger partial charge in [-0.1, -0.05) is 18.2 Å². The van der Waals surface area contributed by atoms with Crippen LogP contribution in [-0.4, -0.2) is 45.3 Å². The number of esters is 1. The van der Waals surface area contributed by atoms with Gasteiger partial charge in [0, 0.05) is 12.0 Å². The number of rotatable bonds is 8. The summed E-state index contributed by atoms with van der Waals surface area (Å²) in [5.41, 5.74) is 1.33. The molecular formula is C23H24O7. The molecule has 0 aromatic heterocycles. The van der Waals surface area contributed by atoms with Crippen molar-refractivity contribution in [3.8, 4) is 23.0 Å². The fourth-order valence-electron chi connectivity index (χ4n) is 2.84. The van der Waals surface area contributed by atoms with Crippen LogP contribution in [0.4, 0.5) is 0 Å². The van der Waals surface area contributed by atoms with Crippen molar-refractivity contribution in [2.45, 2.75) is 13.3 Å². The number of ketones is 1. The maximum Gasteiger partial charge on any atom is 0.344 e. The quantitative estimate of drug-likeness (QED) is 0.483. The lowest BCUT2D eigenvalue weighted by Gasteiger charge is -2.11. The van der Waals surface area contributed by atoms with E-state index < -0.39 is 5.97 Å². The van der Waals surface area contributed by atoms with Crippen molar-refractivity contribution in [3.05, 3.63) is 53.6 Å². The highest BCUT2D eigenvalue weighted by Crippen LogP contribution is 2.31. The number of Topliss-reactive ketones (excluding diaryl/α,β-unsaturated/α-hetero) is 1. The fraction of sp³-hybridized carbons (Fsp3) is 0.304. The second-order valence-corrected chi connectivity index (χ2v) is 6.49. The summed E-state index contributed by atoms with van der Waals surface area (Å²) < 4.78 is 26.9. The molecule has 1 heterocycles. The van der Waals surface area contributed by atoms with Gasteiger partial charge in [0.25, 0.3) is 0 Å². The first-order valence-electron chi connectivity index (χ1n) is 9.62. The van der Waals surface area contributed by atoms with Gasteiger partial charge >= 0.3 is 5.97 Å². The molecule has 2 aromatic carbocycles. The predicted molar refractivity (Wildman–Crippen MR) is 111 cm³/mol. The van der Waals surface area contributed by atoms with Crippen LogP contribution in [0.2, 0.25) is 0 Å². The zero-order valence-corrected chi connectivity index (χ0v) is 17.0. The molecule has 7 nitrogen and oxygen atoms in total. The van der Waals surface area contributed by atoms with Crippen LogP contribution in [0.5, 0.6) is 23.0 Å². The monoisotopic (exact) mass is 412 g/mol. The van der Waals surface area contributed by atoms with Crippen LogP contribution >= 0.6 is 0 Å². The van der Waals surface area contributed by atoms with E-state index in [4.69, 9.17) is 23.7 Å². The van der Waals surface area contributed by atoms with E-state index in [1.165, 1.54) is 7.11 Å². The van der Waals surface area contributed by atoms with Gasteiger partial charge in [-0.25, -0.2) is 4.79 Å². The van der Waals surface area contributed by atoms with Gasteiger partial charge in [-0.05, 0) is 42.8 Å². The number of carbonyl (C=O) groups excluding carboxylic acids is 2. The van der Waals surface area contributed by atoms with Crippen LogP contribution in [0.3, 0.4) is 0 Å². The number of carbonyl (C=O) groups is 2. The Balaban J connectivity index is 1.52. The van der Waals surface area contributed by atoms with Crippen molar-refractivity contribution in [3.63, 3.8) is 0 Å². The Labute approximate surface area is 175 Å². The summed E-state index contributed by atoms with van der Waals surface area (Å²) in [6.45, 7) is 2.28. The molecule has 0 bridgehead atoms. The molecule has 0 radical (unpaired) electrons. The van der Waals surface area contributed by atoms with Crippen LogP contribution in [-0.2, 0) is 9.53 Å². The van der Waals surface area contributed by atoms with Crippen molar-refractivity contribution in [2.75, 3.05) is 33.5 Å². The summed E-state index contributed by atoms with van der Waals surface area (Å²) in [5, 5.41) is 0. The molecule has 0 unspecified atom stereocenters. The van der Waals surface area contributed by atoms with Crippen LogP contribution in [0.15, 0.2) is 42.5 Å².